The number of thiazole rings is 1. The van der Waals surface area contributed by atoms with Gasteiger partial charge in [0.2, 0.25) is 0 Å². The second-order valence-corrected chi connectivity index (χ2v) is 6.15. The van der Waals surface area contributed by atoms with E-state index in [-0.39, 0.29) is 0 Å². The van der Waals surface area contributed by atoms with Crippen molar-refractivity contribution in [3.63, 3.8) is 0 Å². The maximum Gasteiger partial charge on any atom is 0.0957 e. The average molecular weight is 275 g/mol. The van der Waals surface area contributed by atoms with E-state index in [1.807, 2.05) is 24.4 Å². The third-order valence-corrected chi connectivity index (χ3v) is 4.87. The van der Waals surface area contributed by atoms with Crippen LogP contribution in [0.1, 0.15) is 22.4 Å². The van der Waals surface area contributed by atoms with Crippen LogP contribution in [0, 0.1) is 6.92 Å². The van der Waals surface area contributed by atoms with E-state index in [2.05, 4.69) is 22.5 Å². The summed E-state index contributed by atoms with van der Waals surface area (Å²) in [6, 6.07) is 8.17. The molecule has 0 radical (unpaired) electrons. The summed E-state index contributed by atoms with van der Waals surface area (Å²) in [4.78, 5) is 4.41. The lowest BCUT2D eigenvalue weighted by molar-refractivity contribution is 0.180. The second-order valence-electron chi connectivity index (χ2n) is 4.29. The van der Waals surface area contributed by atoms with E-state index in [1.54, 1.807) is 22.7 Å². The van der Waals surface area contributed by atoms with Gasteiger partial charge in [-0.2, -0.15) is 0 Å². The maximum absolute atomic E-state index is 10.4. The van der Waals surface area contributed by atoms with Crippen molar-refractivity contribution in [3.05, 3.63) is 51.3 Å². The fourth-order valence-corrected chi connectivity index (χ4v) is 3.82. The van der Waals surface area contributed by atoms with Crippen LogP contribution in [0.5, 0.6) is 0 Å². The fourth-order valence-electron chi connectivity index (χ4n) is 2.05. The first-order valence-corrected chi connectivity index (χ1v) is 7.55. The van der Waals surface area contributed by atoms with Crippen LogP contribution in [0.3, 0.4) is 0 Å². The normalized spacial score (nSPS) is 13.0. The molecule has 2 nitrogen and oxygen atoms in total. The first kappa shape index (κ1) is 11.8. The Labute approximate surface area is 114 Å². The van der Waals surface area contributed by atoms with Crippen LogP contribution in [0.4, 0.5) is 0 Å². The van der Waals surface area contributed by atoms with E-state index >= 15 is 0 Å². The lowest BCUT2D eigenvalue weighted by Gasteiger charge is -2.10. The molecule has 3 rings (SSSR count). The van der Waals surface area contributed by atoms with Gasteiger partial charge < -0.3 is 5.11 Å². The van der Waals surface area contributed by atoms with Crippen LogP contribution in [-0.4, -0.2) is 10.1 Å². The van der Waals surface area contributed by atoms with Gasteiger partial charge in [0.25, 0.3) is 0 Å². The van der Waals surface area contributed by atoms with Gasteiger partial charge in [0, 0.05) is 22.2 Å². The molecule has 1 aromatic carbocycles. The zero-order valence-electron chi connectivity index (χ0n) is 9.96. The summed E-state index contributed by atoms with van der Waals surface area (Å²) in [5.74, 6) is 0. The standard InChI is InChI=1S/C14H13NOS2/c1-9-8-18-13(15-9)7-12(16)11-4-2-3-10-5-6-17-14(10)11/h2-6,8,12,16H,7H2,1H3. The van der Waals surface area contributed by atoms with E-state index in [0.717, 1.165) is 16.3 Å². The maximum atomic E-state index is 10.4. The molecule has 0 bridgehead atoms. The zero-order chi connectivity index (χ0) is 12.5. The van der Waals surface area contributed by atoms with Gasteiger partial charge >= 0.3 is 0 Å². The molecule has 1 unspecified atom stereocenters. The van der Waals surface area contributed by atoms with E-state index in [0.29, 0.717) is 6.42 Å². The number of fused-ring (bicyclic) bond motifs is 1. The summed E-state index contributed by atoms with van der Waals surface area (Å²) in [5, 5.41) is 16.7. The van der Waals surface area contributed by atoms with Crippen molar-refractivity contribution < 1.29 is 5.11 Å². The highest BCUT2D eigenvalue weighted by molar-refractivity contribution is 7.17. The van der Waals surface area contributed by atoms with E-state index in [9.17, 15) is 5.11 Å². The molecule has 2 aromatic heterocycles. The van der Waals surface area contributed by atoms with Crippen molar-refractivity contribution in [2.24, 2.45) is 0 Å². The highest BCUT2D eigenvalue weighted by atomic mass is 32.1. The molecule has 0 aliphatic carbocycles. The highest BCUT2D eigenvalue weighted by Gasteiger charge is 2.14. The number of aryl methyl sites for hydroxylation is 1. The zero-order valence-corrected chi connectivity index (χ0v) is 11.6. The van der Waals surface area contributed by atoms with Gasteiger partial charge in [0.15, 0.2) is 0 Å². The van der Waals surface area contributed by atoms with Crippen molar-refractivity contribution in [2.45, 2.75) is 19.4 Å². The van der Waals surface area contributed by atoms with Gasteiger partial charge in [-0.3, -0.25) is 0 Å². The fraction of sp³-hybridized carbons (Fsp3) is 0.214. The van der Waals surface area contributed by atoms with Gasteiger partial charge in [-0.1, -0.05) is 18.2 Å². The number of aliphatic hydroxyl groups excluding tert-OH is 1. The Bertz CT molecular complexity index is 671. The van der Waals surface area contributed by atoms with Crippen molar-refractivity contribution in [1.82, 2.24) is 4.98 Å². The minimum absolute atomic E-state index is 0.474. The lowest BCUT2D eigenvalue weighted by Crippen LogP contribution is -2.01. The number of nitrogens with zero attached hydrogens (tertiary/aromatic N) is 1. The predicted molar refractivity (Wildman–Crippen MR) is 77.3 cm³/mol. The Morgan fingerprint density at radius 1 is 1.28 bits per heavy atom. The number of aromatic nitrogens is 1. The van der Waals surface area contributed by atoms with Crippen LogP contribution in [0.2, 0.25) is 0 Å². The Morgan fingerprint density at radius 3 is 2.94 bits per heavy atom. The summed E-state index contributed by atoms with van der Waals surface area (Å²) in [6.07, 6.45) is 0.119. The van der Waals surface area contributed by atoms with Gasteiger partial charge in [-0.05, 0) is 29.3 Å². The third kappa shape index (κ3) is 2.19. The second kappa shape index (κ2) is 4.80. The molecule has 1 atom stereocenters. The molecular weight excluding hydrogens is 262 g/mol. The SMILES string of the molecule is Cc1csc(CC(O)c2cccc3ccsc23)n1. The Balaban J connectivity index is 1.92. The molecule has 0 fully saturated rings. The molecule has 0 spiro atoms. The highest BCUT2D eigenvalue weighted by Crippen LogP contribution is 2.30. The first-order valence-electron chi connectivity index (χ1n) is 5.79. The van der Waals surface area contributed by atoms with Crippen LogP contribution < -0.4 is 0 Å². The summed E-state index contributed by atoms with van der Waals surface area (Å²) in [5.41, 5.74) is 2.03. The minimum atomic E-state index is -0.474. The predicted octanol–water partition coefficient (Wildman–Crippen LogP) is 3.94. The summed E-state index contributed by atoms with van der Waals surface area (Å²) in [6.45, 7) is 1.98. The molecular formula is C14H13NOS2. The van der Waals surface area contributed by atoms with Crippen molar-refractivity contribution in [1.29, 1.82) is 0 Å². The van der Waals surface area contributed by atoms with Crippen molar-refractivity contribution >= 4 is 32.8 Å². The number of aliphatic hydroxyl groups is 1. The molecule has 0 saturated heterocycles. The monoisotopic (exact) mass is 275 g/mol. The number of rotatable bonds is 3. The van der Waals surface area contributed by atoms with Gasteiger partial charge in [-0.25, -0.2) is 4.98 Å². The number of thiophene rings is 1. The van der Waals surface area contributed by atoms with E-state index < -0.39 is 6.10 Å². The van der Waals surface area contributed by atoms with E-state index in [1.165, 1.54) is 10.1 Å². The third-order valence-electron chi connectivity index (χ3n) is 2.90. The number of hydrogen-bond donors (Lipinski definition) is 1. The molecule has 0 amide bonds. The Kier molecular flexibility index (Phi) is 3.16. The summed E-state index contributed by atoms with van der Waals surface area (Å²) >= 11 is 3.29. The molecule has 18 heavy (non-hydrogen) atoms. The number of hydrogen-bond acceptors (Lipinski definition) is 4. The lowest BCUT2D eigenvalue weighted by atomic mass is 10.1. The minimum Gasteiger partial charge on any atom is -0.388 e. The van der Waals surface area contributed by atoms with E-state index in [4.69, 9.17) is 0 Å². The average Bonchev–Trinajstić information content (AvgIpc) is 2.97. The largest absolute Gasteiger partial charge is 0.388 e. The Morgan fingerprint density at radius 2 is 2.17 bits per heavy atom. The van der Waals surface area contributed by atoms with Crippen LogP contribution in [-0.2, 0) is 6.42 Å². The molecule has 1 N–H and O–H groups in total. The van der Waals surface area contributed by atoms with Crippen LogP contribution in [0.15, 0.2) is 35.0 Å². The van der Waals surface area contributed by atoms with Crippen LogP contribution in [0.25, 0.3) is 10.1 Å². The first-order chi connectivity index (χ1) is 8.74. The quantitative estimate of drug-likeness (QED) is 0.785. The molecule has 92 valence electrons. The van der Waals surface area contributed by atoms with Gasteiger partial charge in [0.1, 0.15) is 0 Å². The van der Waals surface area contributed by atoms with Crippen molar-refractivity contribution in [2.75, 3.05) is 0 Å². The van der Waals surface area contributed by atoms with Gasteiger partial charge in [-0.15, -0.1) is 22.7 Å². The Hall–Kier alpha value is -1.23. The summed E-state index contributed by atoms with van der Waals surface area (Å²) in [7, 11) is 0. The van der Waals surface area contributed by atoms with Crippen molar-refractivity contribution in [3.8, 4) is 0 Å². The molecule has 2 heterocycles. The van der Waals surface area contributed by atoms with Crippen LogP contribution >= 0.6 is 22.7 Å². The molecule has 3 aromatic rings. The molecule has 0 aliphatic heterocycles. The molecule has 0 saturated carbocycles. The molecule has 0 aliphatic rings. The number of benzene rings is 1. The summed E-state index contributed by atoms with van der Waals surface area (Å²) < 4.78 is 1.18. The van der Waals surface area contributed by atoms with Gasteiger partial charge in [0.05, 0.1) is 11.1 Å². The molecule has 4 heteroatoms. The topological polar surface area (TPSA) is 33.1 Å². The smallest absolute Gasteiger partial charge is 0.0957 e.